The molecule has 0 amide bonds. The van der Waals surface area contributed by atoms with E-state index in [2.05, 4.69) is 169 Å². The molecule has 0 aliphatic heterocycles. The maximum absolute atomic E-state index is 2.21. The first-order valence-electron chi connectivity index (χ1n) is 12.7. The van der Waals surface area contributed by atoms with E-state index in [1.807, 2.05) is 0 Å². The van der Waals surface area contributed by atoms with E-state index in [1.54, 1.807) is 0 Å². The second-order valence-corrected chi connectivity index (χ2v) is 9.98. The summed E-state index contributed by atoms with van der Waals surface area (Å²) >= 11 is 0. The molecule has 0 unspecified atom stereocenters. The van der Waals surface area contributed by atoms with Gasteiger partial charge in [0.2, 0.25) is 0 Å². The van der Waals surface area contributed by atoms with Crippen LogP contribution in [0.5, 0.6) is 0 Å². The van der Waals surface area contributed by atoms with Crippen molar-refractivity contribution in [1.82, 2.24) is 0 Å². The Morgan fingerprint density at radius 3 is 1.22 bits per heavy atom. The Morgan fingerprint density at radius 2 is 0.861 bits per heavy atom. The minimum atomic E-state index is 0.626. The summed E-state index contributed by atoms with van der Waals surface area (Å²) in [4.78, 5) is 4.23. The van der Waals surface area contributed by atoms with Gasteiger partial charge in [-0.3, -0.25) is 0 Å². The van der Waals surface area contributed by atoms with Crippen LogP contribution in [0.1, 0.15) is 16.7 Å². The minimum Gasteiger partial charge on any atom is -0.378 e. The third kappa shape index (κ3) is 8.96. The van der Waals surface area contributed by atoms with Gasteiger partial charge < -0.3 is 9.80 Å². The van der Waals surface area contributed by atoms with Crippen molar-refractivity contribution in [2.75, 3.05) is 38.0 Å². The van der Waals surface area contributed by atoms with E-state index in [4.69, 9.17) is 0 Å². The van der Waals surface area contributed by atoms with Gasteiger partial charge in [-0.1, -0.05) is 91.9 Å². The molecule has 0 aliphatic carbocycles. The molecule has 0 saturated heterocycles. The predicted octanol–water partition coefficient (Wildman–Crippen LogP) is 7.75. The highest BCUT2D eigenvalue weighted by atomic mass is 15.1. The highest BCUT2D eigenvalue weighted by Gasteiger charge is 2.02. The lowest BCUT2D eigenvalue weighted by Crippen LogP contribution is -2.22. The van der Waals surface area contributed by atoms with E-state index in [0.717, 1.165) is 0 Å². The highest BCUT2D eigenvalue weighted by molar-refractivity contribution is 6.70. The van der Waals surface area contributed by atoms with Crippen molar-refractivity contribution in [2.24, 2.45) is 0 Å². The summed E-state index contributed by atoms with van der Waals surface area (Å²) in [5.74, 6) is 0. The molecule has 4 rings (SSSR count). The lowest BCUT2D eigenvalue weighted by molar-refractivity contribution is 1.13. The van der Waals surface area contributed by atoms with E-state index >= 15 is 0 Å². The normalized spacial score (nSPS) is 9.81. The Morgan fingerprint density at radius 1 is 0.472 bits per heavy atom. The molecule has 0 aromatic heterocycles. The standard InChI is InChI=1S/C15H17N.C10H16BN.C8H10/c1-12-6-4-5-7-15(12)13-8-10-14(11-9-13)16(2)3;1-11(2)9-5-7-10(8-6-9)12(3)4;1-7-5-3-4-6-8(7)2/h4-11H,1-3H3;5-8H,1-4H3;3-6H,1-2H3. The molecule has 2 nitrogen and oxygen atoms in total. The molecule has 0 radical (unpaired) electrons. The predicted molar refractivity (Wildman–Crippen MR) is 165 cm³/mol. The van der Waals surface area contributed by atoms with E-state index < -0.39 is 0 Å². The lowest BCUT2D eigenvalue weighted by Gasteiger charge is -2.13. The Bertz CT molecular complexity index is 1130. The number of aryl methyl sites for hydroxylation is 3. The molecule has 0 fully saturated rings. The van der Waals surface area contributed by atoms with Crippen LogP contribution >= 0.6 is 0 Å². The maximum Gasteiger partial charge on any atom is 0.169 e. The van der Waals surface area contributed by atoms with Crippen molar-refractivity contribution < 1.29 is 0 Å². The summed E-state index contributed by atoms with van der Waals surface area (Å²) in [6.07, 6.45) is 0. The molecule has 0 N–H and O–H groups in total. The quantitative estimate of drug-likeness (QED) is 0.277. The van der Waals surface area contributed by atoms with Crippen LogP contribution in [-0.4, -0.2) is 34.9 Å². The van der Waals surface area contributed by atoms with Crippen LogP contribution in [0.15, 0.2) is 97.1 Å². The van der Waals surface area contributed by atoms with Crippen molar-refractivity contribution in [3.8, 4) is 11.1 Å². The van der Waals surface area contributed by atoms with E-state index in [0.29, 0.717) is 6.71 Å². The summed E-state index contributed by atoms with van der Waals surface area (Å²) in [5.41, 5.74) is 10.5. The van der Waals surface area contributed by atoms with Gasteiger partial charge in [0, 0.05) is 39.6 Å². The zero-order chi connectivity index (χ0) is 26.7. The zero-order valence-electron chi connectivity index (χ0n) is 23.7. The number of nitrogens with zero attached hydrogens (tertiary/aromatic N) is 2. The zero-order valence-corrected chi connectivity index (χ0v) is 23.7. The van der Waals surface area contributed by atoms with Gasteiger partial charge in [-0.25, -0.2) is 0 Å². The monoisotopic (exact) mass is 478 g/mol. The number of hydrogen-bond donors (Lipinski definition) is 0. The topological polar surface area (TPSA) is 6.48 Å². The van der Waals surface area contributed by atoms with Crippen molar-refractivity contribution in [3.05, 3.63) is 114 Å². The summed E-state index contributed by atoms with van der Waals surface area (Å²) < 4.78 is 0. The van der Waals surface area contributed by atoms with E-state index in [-0.39, 0.29) is 0 Å². The second-order valence-electron chi connectivity index (χ2n) is 9.98. The average molecular weight is 479 g/mol. The van der Waals surface area contributed by atoms with Crippen LogP contribution < -0.4 is 15.3 Å². The number of anilines is 2. The molecular formula is C33H43BN2. The average Bonchev–Trinajstić information content (AvgIpc) is 2.87. The Kier molecular flexibility index (Phi) is 11.3. The van der Waals surface area contributed by atoms with E-state index in [9.17, 15) is 0 Å². The van der Waals surface area contributed by atoms with Crippen LogP contribution in [0.4, 0.5) is 11.4 Å². The fourth-order valence-corrected chi connectivity index (χ4v) is 3.66. The number of rotatable bonds is 4. The molecule has 36 heavy (non-hydrogen) atoms. The van der Waals surface area contributed by atoms with Gasteiger partial charge in [0.15, 0.2) is 6.71 Å². The third-order valence-corrected chi connectivity index (χ3v) is 6.34. The number of benzene rings is 4. The van der Waals surface area contributed by atoms with Crippen LogP contribution in [0, 0.1) is 20.8 Å². The molecule has 0 atom stereocenters. The minimum absolute atomic E-state index is 0.626. The van der Waals surface area contributed by atoms with Crippen LogP contribution in [0.2, 0.25) is 13.6 Å². The van der Waals surface area contributed by atoms with Crippen molar-refractivity contribution in [3.63, 3.8) is 0 Å². The Hall–Kier alpha value is -3.46. The smallest absolute Gasteiger partial charge is 0.169 e. The molecule has 0 bridgehead atoms. The molecule has 0 spiro atoms. The molecule has 0 aliphatic rings. The van der Waals surface area contributed by atoms with Gasteiger partial charge in [0.1, 0.15) is 0 Å². The highest BCUT2D eigenvalue weighted by Crippen LogP contribution is 2.25. The van der Waals surface area contributed by atoms with E-state index in [1.165, 1.54) is 44.7 Å². The van der Waals surface area contributed by atoms with Gasteiger partial charge in [0.05, 0.1) is 0 Å². The Balaban J connectivity index is 0.000000202. The first kappa shape index (κ1) is 28.8. The van der Waals surface area contributed by atoms with Crippen molar-refractivity contribution >= 4 is 23.6 Å². The van der Waals surface area contributed by atoms with Crippen LogP contribution in [0.25, 0.3) is 11.1 Å². The Labute approximate surface area is 220 Å². The first-order chi connectivity index (χ1) is 17.1. The van der Waals surface area contributed by atoms with Gasteiger partial charge >= 0.3 is 0 Å². The molecule has 4 aromatic carbocycles. The van der Waals surface area contributed by atoms with Gasteiger partial charge in [-0.2, -0.15) is 0 Å². The van der Waals surface area contributed by atoms with Gasteiger partial charge in [-0.15, -0.1) is 0 Å². The van der Waals surface area contributed by atoms with Crippen molar-refractivity contribution in [1.29, 1.82) is 0 Å². The van der Waals surface area contributed by atoms with Gasteiger partial charge in [-0.05, 0) is 72.9 Å². The fourth-order valence-electron chi connectivity index (χ4n) is 3.66. The lowest BCUT2D eigenvalue weighted by atomic mass is 9.49. The SMILES string of the molecule is CB(C)c1ccc(N(C)C)cc1.Cc1ccccc1-c1ccc(N(C)C)cc1.Cc1ccccc1C. The first-order valence-corrected chi connectivity index (χ1v) is 12.7. The summed E-state index contributed by atoms with van der Waals surface area (Å²) in [5, 5.41) is 0. The third-order valence-electron chi connectivity index (χ3n) is 6.34. The van der Waals surface area contributed by atoms with Crippen LogP contribution in [0.3, 0.4) is 0 Å². The summed E-state index contributed by atoms with van der Waals surface area (Å²) in [7, 11) is 8.24. The molecule has 0 saturated carbocycles. The van der Waals surface area contributed by atoms with Crippen LogP contribution in [-0.2, 0) is 0 Å². The molecule has 3 heteroatoms. The fraction of sp³-hybridized carbons (Fsp3) is 0.273. The van der Waals surface area contributed by atoms with Crippen molar-refractivity contribution in [2.45, 2.75) is 34.4 Å². The largest absolute Gasteiger partial charge is 0.378 e. The molecule has 188 valence electrons. The summed E-state index contributed by atoms with van der Waals surface area (Å²) in [6.45, 7) is 11.4. The molecule has 4 aromatic rings. The summed E-state index contributed by atoms with van der Waals surface area (Å²) in [6, 6.07) is 34.2. The number of hydrogen-bond acceptors (Lipinski definition) is 2. The second kappa shape index (κ2) is 14.2. The molecule has 0 heterocycles. The van der Waals surface area contributed by atoms with Gasteiger partial charge in [0.25, 0.3) is 0 Å². The molecular weight excluding hydrogens is 435 g/mol. The maximum atomic E-state index is 2.21.